The van der Waals surface area contributed by atoms with Gasteiger partial charge in [0.15, 0.2) is 0 Å². The van der Waals surface area contributed by atoms with Crippen LogP contribution in [-0.2, 0) is 9.53 Å². The van der Waals surface area contributed by atoms with Gasteiger partial charge >= 0.3 is 5.97 Å². The summed E-state index contributed by atoms with van der Waals surface area (Å²) >= 11 is 0. The molecule has 1 saturated carbocycles. The Bertz CT molecular complexity index is 278. The van der Waals surface area contributed by atoms with Gasteiger partial charge in [0, 0.05) is 19.2 Å². The Hall–Kier alpha value is -0.610. The molecule has 0 radical (unpaired) electrons. The van der Waals surface area contributed by atoms with E-state index in [4.69, 9.17) is 9.84 Å². The molecule has 1 aliphatic carbocycles. The number of ether oxygens (including phenoxy) is 1. The lowest BCUT2D eigenvalue weighted by molar-refractivity contribution is -0.143. The second-order valence-corrected chi connectivity index (χ2v) is 6.13. The summed E-state index contributed by atoms with van der Waals surface area (Å²) in [7, 11) is 1.73. The number of nitrogens with one attached hydrogen (secondary N) is 1. The summed E-state index contributed by atoms with van der Waals surface area (Å²) in [6.45, 7) is 6.29. The van der Waals surface area contributed by atoms with Crippen LogP contribution < -0.4 is 5.32 Å². The predicted octanol–water partition coefficient (Wildman–Crippen LogP) is 2.42. The van der Waals surface area contributed by atoms with Crippen molar-refractivity contribution in [3.05, 3.63) is 0 Å². The van der Waals surface area contributed by atoms with Gasteiger partial charge in [-0.2, -0.15) is 0 Å². The van der Waals surface area contributed by atoms with E-state index in [-0.39, 0.29) is 11.5 Å². The molecule has 2 N–H and O–H groups in total. The molecule has 3 unspecified atom stereocenters. The standard InChI is InChI=1S/C14H27NO3/c1-10(9-14(2,3)18-4)15-12-7-5-6-11(8-12)13(16)17/h10-12,15H,5-9H2,1-4H3,(H,16,17). The maximum Gasteiger partial charge on any atom is 0.306 e. The van der Waals surface area contributed by atoms with Gasteiger partial charge in [-0.05, 0) is 46.5 Å². The Morgan fingerprint density at radius 3 is 2.72 bits per heavy atom. The largest absolute Gasteiger partial charge is 0.481 e. The van der Waals surface area contributed by atoms with E-state index in [1.807, 2.05) is 0 Å². The molecule has 0 aromatic carbocycles. The van der Waals surface area contributed by atoms with Crippen LogP contribution in [0.2, 0.25) is 0 Å². The number of hydrogen-bond acceptors (Lipinski definition) is 3. The number of hydrogen-bond donors (Lipinski definition) is 2. The third-order valence-corrected chi connectivity index (χ3v) is 3.89. The number of aliphatic carboxylic acids is 1. The molecule has 0 aliphatic heterocycles. The van der Waals surface area contributed by atoms with Gasteiger partial charge in [-0.3, -0.25) is 4.79 Å². The van der Waals surface area contributed by atoms with Crippen LogP contribution in [0.15, 0.2) is 0 Å². The van der Waals surface area contributed by atoms with E-state index in [1.54, 1.807) is 7.11 Å². The Labute approximate surface area is 110 Å². The van der Waals surface area contributed by atoms with Crippen LogP contribution in [0.1, 0.15) is 52.9 Å². The maximum atomic E-state index is 11.0. The van der Waals surface area contributed by atoms with Crippen LogP contribution in [0.3, 0.4) is 0 Å². The van der Waals surface area contributed by atoms with Crippen LogP contribution in [0, 0.1) is 5.92 Å². The van der Waals surface area contributed by atoms with Gasteiger partial charge in [0.05, 0.1) is 11.5 Å². The average molecular weight is 257 g/mol. The molecule has 1 fully saturated rings. The van der Waals surface area contributed by atoms with Crippen molar-refractivity contribution in [1.82, 2.24) is 5.32 Å². The fourth-order valence-electron chi connectivity index (χ4n) is 2.85. The molecule has 0 bridgehead atoms. The molecule has 0 amide bonds. The molecule has 4 heteroatoms. The van der Waals surface area contributed by atoms with Crippen molar-refractivity contribution in [1.29, 1.82) is 0 Å². The zero-order valence-electron chi connectivity index (χ0n) is 12.0. The second-order valence-electron chi connectivity index (χ2n) is 6.13. The molecule has 0 heterocycles. The summed E-state index contributed by atoms with van der Waals surface area (Å²) < 4.78 is 5.42. The van der Waals surface area contributed by atoms with E-state index >= 15 is 0 Å². The normalized spacial score (nSPS) is 26.9. The lowest BCUT2D eigenvalue weighted by Gasteiger charge is -2.33. The second kappa shape index (κ2) is 6.53. The van der Waals surface area contributed by atoms with Crippen LogP contribution in [-0.4, -0.2) is 35.9 Å². The van der Waals surface area contributed by atoms with Crippen molar-refractivity contribution in [3.8, 4) is 0 Å². The first-order chi connectivity index (χ1) is 8.34. The molecule has 1 aliphatic rings. The average Bonchev–Trinajstić information content (AvgIpc) is 2.28. The quantitative estimate of drug-likeness (QED) is 0.767. The van der Waals surface area contributed by atoms with Crippen molar-refractivity contribution in [2.24, 2.45) is 5.92 Å². The van der Waals surface area contributed by atoms with Crippen LogP contribution >= 0.6 is 0 Å². The van der Waals surface area contributed by atoms with Gasteiger partial charge in [-0.25, -0.2) is 0 Å². The first-order valence-electron chi connectivity index (χ1n) is 6.88. The molecule has 0 spiro atoms. The van der Waals surface area contributed by atoms with Crippen molar-refractivity contribution in [2.75, 3.05) is 7.11 Å². The first kappa shape index (κ1) is 15.4. The summed E-state index contributed by atoms with van der Waals surface area (Å²) in [6, 6.07) is 0.681. The minimum atomic E-state index is -0.647. The third kappa shape index (κ3) is 4.94. The number of carbonyl (C=O) groups is 1. The van der Waals surface area contributed by atoms with Gasteiger partial charge in [-0.15, -0.1) is 0 Å². The molecular weight excluding hydrogens is 230 g/mol. The highest BCUT2D eigenvalue weighted by atomic mass is 16.5. The van der Waals surface area contributed by atoms with Crippen molar-refractivity contribution in [2.45, 2.75) is 70.6 Å². The zero-order chi connectivity index (χ0) is 13.8. The summed E-state index contributed by atoms with van der Waals surface area (Å²) in [5.74, 6) is -0.815. The highest BCUT2D eigenvalue weighted by Gasteiger charge is 2.28. The topological polar surface area (TPSA) is 58.6 Å². The lowest BCUT2D eigenvalue weighted by Crippen LogP contribution is -2.44. The minimum absolute atomic E-state index is 0.132. The van der Waals surface area contributed by atoms with E-state index in [2.05, 4.69) is 26.1 Å². The Balaban J connectivity index is 2.40. The Morgan fingerprint density at radius 2 is 2.17 bits per heavy atom. The summed E-state index contributed by atoms with van der Waals surface area (Å²) in [5.41, 5.74) is -0.132. The highest BCUT2D eigenvalue weighted by Crippen LogP contribution is 2.25. The van der Waals surface area contributed by atoms with Crippen LogP contribution in [0.5, 0.6) is 0 Å². The van der Waals surface area contributed by atoms with Crippen LogP contribution in [0.4, 0.5) is 0 Å². The van der Waals surface area contributed by atoms with Crippen LogP contribution in [0.25, 0.3) is 0 Å². The summed E-state index contributed by atoms with van der Waals surface area (Å²) in [4.78, 5) is 11.0. The van der Waals surface area contributed by atoms with Crippen molar-refractivity contribution < 1.29 is 14.6 Å². The molecule has 0 aromatic rings. The van der Waals surface area contributed by atoms with E-state index in [0.29, 0.717) is 12.1 Å². The molecule has 1 rings (SSSR count). The Kier molecular flexibility index (Phi) is 5.60. The van der Waals surface area contributed by atoms with Crippen molar-refractivity contribution in [3.63, 3.8) is 0 Å². The molecule has 18 heavy (non-hydrogen) atoms. The maximum absolute atomic E-state index is 11.0. The molecule has 0 saturated heterocycles. The fraction of sp³-hybridized carbons (Fsp3) is 0.929. The molecule has 4 nitrogen and oxygen atoms in total. The van der Waals surface area contributed by atoms with E-state index in [1.165, 1.54) is 0 Å². The van der Waals surface area contributed by atoms with E-state index in [0.717, 1.165) is 32.1 Å². The predicted molar refractivity (Wildman–Crippen MR) is 71.7 cm³/mol. The number of rotatable bonds is 6. The van der Waals surface area contributed by atoms with Gasteiger partial charge in [0.1, 0.15) is 0 Å². The first-order valence-corrected chi connectivity index (χ1v) is 6.88. The van der Waals surface area contributed by atoms with Gasteiger partial charge in [-0.1, -0.05) is 6.42 Å². The lowest BCUT2D eigenvalue weighted by atomic mass is 9.85. The number of carboxylic acids is 1. The zero-order valence-corrected chi connectivity index (χ0v) is 12.0. The monoisotopic (exact) mass is 257 g/mol. The molecule has 3 atom stereocenters. The highest BCUT2D eigenvalue weighted by molar-refractivity contribution is 5.70. The van der Waals surface area contributed by atoms with Gasteiger partial charge < -0.3 is 15.2 Å². The number of carboxylic acid groups (broad SMARTS) is 1. The SMILES string of the molecule is COC(C)(C)CC(C)NC1CCCC(C(=O)O)C1. The molecule has 0 aromatic heterocycles. The van der Waals surface area contributed by atoms with E-state index < -0.39 is 5.97 Å². The number of methoxy groups -OCH3 is 1. The summed E-state index contributed by atoms with van der Waals surface area (Å²) in [5, 5.41) is 12.6. The fourth-order valence-corrected chi connectivity index (χ4v) is 2.85. The third-order valence-electron chi connectivity index (χ3n) is 3.89. The molecule has 106 valence electrons. The van der Waals surface area contributed by atoms with Crippen molar-refractivity contribution >= 4 is 5.97 Å². The molecular formula is C14H27NO3. The minimum Gasteiger partial charge on any atom is -0.481 e. The summed E-state index contributed by atoms with van der Waals surface area (Å²) in [6.07, 6.45) is 4.60. The van der Waals surface area contributed by atoms with Gasteiger partial charge in [0.2, 0.25) is 0 Å². The smallest absolute Gasteiger partial charge is 0.306 e. The Morgan fingerprint density at radius 1 is 1.50 bits per heavy atom. The van der Waals surface area contributed by atoms with E-state index in [9.17, 15) is 4.79 Å². The van der Waals surface area contributed by atoms with Gasteiger partial charge in [0.25, 0.3) is 0 Å².